The summed E-state index contributed by atoms with van der Waals surface area (Å²) in [7, 11) is 0. The number of rotatable bonds is 6. The third kappa shape index (κ3) is 5.35. The van der Waals surface area contributed by atoms with Crippen LogP contribution in [0.3, 0.4) is 0 Å². The van der Waals surface area contributed by atoms with E-state index in [-0.39, 0.29) is 0 Å². The quantitative estimate of drug-likeness (QED) is 0.334. The Bertz CT molecular complexity index is 1500. The first-order valence-electron chi connectivity index (χ1n) is 17.2. The normalized spacial score (nSPS) is 32.4. The Kier molecular flexibility index (Phi) is 7.61. The Morgan fingerprint density at radius 3 is 2.47 bits per heavy atom. The van der Waals surface area contributed by atoms with Crippen molar-refractivity contribution in [3.05, 3.63) is 125 Å². The molecule has 1 aromatic rings. The van der Waals surface area contributed by atoms with Crippen molar-refractivity contribution in [1.29, 1.82) is 0 Å². The summed E-state index contributed by atoms with van der Waals surface area (Å²) < 4.78 is 0. The van der Waals surface area contributed by atoms with E-state index in [9.17, 15) is 0 Å². The van der Waals surface area contributed by atoms with Gasteiger partial charge in [0, 0.05) is 41.9 Å². The minimum atomic E-state index is 0.481. The molecule has 43 heavy (non-hydrogen) atoms. The molecule has 0 aromatic carbocycles. The Labute approximate surface area is 258 Å². The topological polar surface area (TPSA) is 31.1 Å². The smallest absolute Gasteiger partial charge is 0.0430 e. The Morgan fingerprint density at radius 1 is 0.744 bits per heavy atom. The second-order valence-electron chi connectivity index (χ2n) is 13.8. The fraction of sp³-hybridized carbons (Fsp3) is 0.450. The van der Waals surface area contributed by atoms with Crippen LogP contribution in [0.4, 0.5) is 0 Å². The van der Waals surface area contributed by atoms with Crippen LogP contribution in [0, 0.1) is 11.8 Å². The van der Waals surface area contributed by atoms with Crippen molar-refractivity contribution in [2.24, 2.45) is 11.8 Å². The van der Waals surface area contributed by atoms with Crippen molar-refractivity contribution < 1.29 is 0 Å². The zero-order chi connectivity index (χ0) is 28.6. The summed E-state index contributed by atoms with van der Waals surface area (Å²) in [6, 6.07) is 3.82. The summed E-state index contributed by atoms with van der Waals surface area (Å²) in [6.07, 6.45) is 46.8. The number of allylic oxidation sites excluding steroid dienone is 12. The van der Waals surface area contributed by atoms with Crippen LogP contribution >= 0.6 is 0 Å². The largest absolute Gasteiger partial charge is 0.367 e. The van der Waals surface area contributed by atoms with Gasteiger partial charge >= 0.3 is 0 Å². The van der Waals surface area contributed by atoms with Gasteiger partial charge in [-0.15, -0.1) is 0 Å². The van der Waals surface area contributed by atoms with Gasteiger partial charge in [-0.1, -0.05) is 65.8 Å². The van der Waals surface area contributed by atoms with Crippen molar-refractivity contribution >= 4 is 5.57 Å². The monoisotopic (exact) mass is 569 g/mol. The first-order chi connectivity index (χ1) is 21.3. The number of fused-ring (bicyclic) bond motifs is 3. The number of likely N-dealkylation sites (tertiary alicyclic amines) is 1. The zero-order valence-corrected chi connectivity index (χ0v) is 25.6. The zero-order valence-electron chi connectivity index (χ0n) is 25.6. The van der Waals surface area contributed by atoms with Crippen molar-refractivity contribution in [2.45, 2.75) is 102 Å². The second-order valence-corrected chi connectivity index (χ2v) is 13.8. The molecule has 7 aliphatic rings. The molecule has 3 nitrogen and oxygen atoms in total. The summed E-state index contributed by atoms with van der Waals surface area (Å²) in [5, 5.41) is 3.97. The molecule has 6 aliphatic carbocycles. The van der Waals surface area contributed by atoms with E-state index in [1.54, 1.807) is 22.3 Å². The average molecular weight is 570 g/mol. The van der Waals surface area contributed by atoms with E-state index in [4.69, 9.17) is 0 Å². The lowest BCUT2D eigenvalue weighted by molar-refractivity contribution is 0.134. The van der Waals surface area contributed by atoms with Crippen LogP contribution in [0.2, 0.25) is 0 Å². The highest BCUT2D eigenvalue weighted by molar-refractivity contribution is 5.66. The Morgan fingerprint density at radius 2 is 1.70 bits per heavy atom. The number of H-pyrrole nitrogens is 1. The van der Waals surface area contributed by atoms with Gasteiger partial charge in [0.1, 0.15) is 0 Å². The molecular formula is C40H47N3. The first kappa shape index (κ1) is 27.3. The fourth-order valence-corrected chi connectivity index (χ4v) is 9.16. The van der Waals surface area contributed by atoms with Gasteiger partial charge in [0.25, 0.3) is 0 Å². The molecule has 2 N–H and O–H groups in total. The highest BCUT2D eigenvalue weighted by Gasteiger charge is 2.46. The molecule has 8 rings (SSSR count). The molecule has 5 unspecified atom stereocenters. The van der Waals surface area contributed by atoms with Crippen LogP contribution in [0.1, 0.15) is 89.0 Å². The van der Waals surface area contributed by atoms with E-state index in [0.29, 0.717) is 18.1 Å². The number of aromatic nitrogens is 1. The van der Waals surface area contributed by atoms with Crippen molar-refractivity contribution in [2.75, 3.05) is 0 Å². The third-order valence-electron chi connectivity index (χ3n) is 11.4. The van der Waals surface area contributed by atoms with Gasteiger partial charge in [0.2, 0.25) is 0 Å². The molecule has 1 fully saturated rings. The van der Waals surface area contributed by atoms with Crippen LogP contribution in [-0.4, -0.2) is 28.0 Å². The molecular weight excluding hydrogens is 522 g/mol. The predicted octanol–water partition coefficient (Wildman–Crippen LogP) is 9.38. The van der Waals surface area contributed by atoms with Gasteiger partial charge in [0.05, 0.1) is 0 Å². The lowest BCUT2D eigenvalue weighted by Gasteiger charge is -2.39. The molecule has 0 radical (unpaired) electrons. The molecule has 3 heteroatoms. The second kappa shape index (κ2) is 12.0. The maximum Gasteiger partial charge on any atom is 0.0430 e. The minimum Gasteiger partial charge on any atom is -0.367 e. The van der Waals surface area contributed by atoms with Crippen LogP contribution in [0.25, 0.3) is 5.57 Å². The number of nitrogens with one attached hydrogen (secondary N) is 2. The van der Waals surface area contributed by atoms with Gasteiger partial charge in [-0.05, 0) is 136 Å². The van der Waals surface area contributed by atoms with E-state index in [1.165, 1.54) is 80.3 Å². The van der Waals surface area contributed by atoms with E-state index >= 15 is 0 Å². The standard InChI is InChI=1S/C40H47N3/c1-2-7-28(8-3-1)29-13-15-30(16-14-29)31-17-21-34(22-18-31)42-37-10-6-12-39-40(37)36-9-4-5-11-38(36)43(39)35-23-19-32(20-24-35)33-25-26-41-27-33/h1-2,4-6,9-10,13,17,19,21,25-28,30,35,38-39,41-42H,3,7-8,11-12,14-16,18,20,22-24H2. The van der Waals surface area contributed by atoms with E-state index in [2.05, 4.69) is 94.3 Å². The summed E-state index contributed by atoms with van der Waals surface area (Å²) in [4.78, 5) is 6.14. The van der Waals surface area contributed by atoms with Crippen LogP contribution < -0.4 is 5.32 Å². The highest BCUT2D eigenvalue weighted by atomic mass is 15.2. The van der Waals surface area contributed by atoms with E-state index in [0.717, 1.165) is 37.5 Å². The minimum absolute atomic E-state index is 0.481. The predicted molar refractivity (Wildman–Crippen MR) is 179 cm³/mol. The molecule has 0 bridgehead atoms. The van der Waals surface area contributed by atoms with Gasteiger partial charge < -0.3 is 10.3 Å². The maximum atomic E-state index is 3.97. The molecule has 0 spiro atoms. The van der Waals surface area contributed by atoms with E-state index in [1.807, 2.05) is 6.20 Å². The van der Waals surface area contributed by atoms with Crippen LogP contribution in [0.5, 0.6) is 0 Å². The lowest BCUT2D eigenvalue weighted by Crippen LogP contribution is -2.45. The summed E-state index contributed by atoms with van der Waals surface area (Å²) in [5.74, 6) is 1.56. The fourth-order valence-electron chi connectivity index (χ4n) is 9.16. The molecule has 0 saturated carbocycles. The molecule has 0 amide bonds. The van der Waals surface area contributed by atoms with Gasteiger partial charge in [0.15, 0.2) is 0 Å². The highest BCUT2D eigenvalue weighted by Crippen LogP contribution is 2.47. The van der Waals surface area contributed by atoms with E-state index < -0.39 is 0 Å². The first-order valence-corrected chi connectivity index (χ1v) is 17.2. The summed E-state index contributed by atoms with van der Waals surface area (Å²) >= 11 is 0. The average Bonchev–Trinajstić information content (AvgIpc) is 3.73. The molecule has 1 aromatic heterocycles. The SMILES string of the molecule is C1=CCC2C(=C1)C1=C(NC3=CC=C(C4CC=C(C5CC=CCC5)CC4)CC3)C=CCC1N2C1CC=C(c2cc[nH]c2)CC1. The van der Waals surface area contributed by atoms with Gasteiger partial charge in [-0.25, -0.2) is 0 Å². The van der Waals surface area contributed by atoms with Crippen molar-refractivity contribution in [3.8, 4) is 0 Å². The molecule has 2 heterocycles. The van der Waals surface area contributed by atoms with Gasteiger partial charge in [-0.2, -0.15) is 0 Å². The maximum absolute atomic E-state index is 3.97. The molecule has 1 saturated heterocycles. The van der Waals surface area contributed by atoms with Gasteiger partial charge in [-0.3, -0.25) is 4.90 Å². The third-order valence-corrected chi connectivity index (χ3v) is 11.4. The van der Waals surface area contributed by atoms with Crippen molar-refractivity contribution in [3.63, 3.8) is 0 Å². The number of hydrogen-bond donors (Lipinski definition) is 2. The number of aromatic amines is 1. The lowest BCUT2D eigenvalue weighted by atomic mass is 9.76. The molecule has 222 valence electrons. The molecule has 1 aliphatic heterocycles. The Hall–Kier alpha value is -3.30. The molecule has 5 atom stereocenters. The van der Waals surface area contributed by atoms with Crippen molar-refractivity contribution in [1.82, 2.24) is 15.2 Å². The summed E-state index contributed by atoms with van der Waals surface area (Å²) in [6.45, 7) is 0. The summed E-state index contributed by atoms with van der Waals surface area (Å²) in [5.41, 5.74) is 12.2. The number of hydrogen-bond acceptors (Lipinski definition) is 2. The van der Waals surface area contributed by atoms with Crippen LogP contribution in [0.15, 0.2) is 119 Å². The number of nitrogens with zero attached hydrogens (tertiary/aromatic N) is 1. The Balaban J connectivity index is 0.984. The van der Waals surface area contributed by atoms with Crippen LogP contribution in [-0.2, 0) is 0 Å².